The number of hydrogen-bond donors (Lipinski definition) is 1. The summed E-state index contributed by atoms with van der Waals surface area (Å²) >= 11 is 0. The number of hydrogen-bond acceptors (Lipinski definition) is 2. The third kappa shape index (κ3) is 5.16. The van der Waals surface area contributed by atoms with E-state index in [1.807, 2.05) is 0 Å². The first-order valence-corrected chi connectivity index (χ1v) is 8.11. The molecule has 0 amide bonds. The Labute approximate surface area is 124 Å². The molecule has 1 rings (SSSR count). The van der Waals surface area contributed by atoms with Gasteiger partial charge in [-0.2, -0.15) is 0 Å². The normalized spacial score (nSPS) is 15.7. The maximum Gasteiger partial charge on any atom is 0.123 e. The van der Waals surface area contributed by atoms with E-state index in [9.17, 15) is 0 Å². The van der Waals surface area contributed by atoms with Gasteiger partial charge >= 0.3 is 0 Å². The molecule has 0 saturated carbocycles. The first kappa shape index (κ1) is 17.0. The van der Waals surface area contributed by atoms with Crippen LogP contribution in [0.3, 0.4) is 0 Å². The van der Waals surface area contributed by atoms with Crippen LogP contribution in [-0.4, -0.2) is 18.7 Å². The summed E-state index contributed by atoms with van der Waals surface area (Å²) in [5, 5.41) is 3.54. The number of ether oxygens (including phenoxy) is 1. The van der Waals surface area contributed by atoms with E-state index in [-0.39, 0.29) is 6.10 Å². The fraction of sp³-hybridized carbons (Fsp3) is 0.667. The molecule has 0 heterocycles. The van der Waals surface area contributed by atoms with Crippen LogP contribution in [0.1, 0.15) is 65.4 Å². The van der Waals surface area contributed by atoms with Crippen LogP contribution in [-0.2, 0) is 0 Å². The molecule has 3 atom stereocenters. The Kier molecular flexibility index (Phi) is 7.68. The van der Waals surface area contributed by atoms with Crippen molar-refractivity contribution in [3.63, 3.8) is 0 Å². The molecule has 114 valence electrons. The summed E-state index contributed by atoms with van der Waals surface area (Å²) < 4.78 is 6.25. The summed E-state index contributed by atoms with van der Waals surface area (Å²) in [5.41, 5.74) is 1.33. The van der Waals surface area contributed by atoms with Gasteiger partial charge in [0.15, 0.2) is 0 Å². The van der Waals surface area contributed by atoms with Crippen molar-refractivity contribution in [2.24, 2.45) is 0 Å². The van der Waals surface area contributed by atoms with Gasteiger partial charge in [-0.1, -0.05) is 45.9 Å². The zero-order valence-corrected chi connectivity index (χ0v) is 13.8. The predicted octanol–water partition coefficient (Wildman–Crippen LogP) is 4.75. The van der Waals surface area contributed by atoms with Crippen LogP contribution in [0.25, 0.3) is 0 Å². The highest BCUT2D eigenvalue weighted by molar-refractivity contribution is 5.36. The van der Waals surface area contributed by atoms with Gasteiger partial charge in [0.2, 0.25) is 0 Å². The van der Waals surface area contributed by atoms with Crippen LogP contribution in [0.5, 0.6) is 5.75 Å². The molecule has 0 fully saturated rings. The highest BCUT2D eigenvalue weighted by atomic mass is 16.5. The zero-order valence-electron chi connectivity index (χ0n) is 13.8. The van der Waals surface area contributed by atoms with E-state index in [0.717, 1.165) is 31.6 Å². The lowest BCUT2D eigenvalue weighted by Crippen LogP contribution is -2.36. The molecule has 0 spiro atoms. The molecule has 2 nitrogen and oxygen atoms in total. The molecular weight excluding hydrogens is 246 g/mol. The van der Waals surface area contributed by atoms with Gasteiger partial charge in [0, 0.05) is 12.6 Å². The summed E-state index contributed by atoms with van der Waals surface area (Å²) in [5.74, 6) is 1.60. The summed E-state index contributed by atoms with van der Waals surface area (Å²) in [6, 6.07) is 9.02. The van der Waals surface area contributed by atoms with Crippen molar-refractivity contribution >= 4 is 0 Å². The monoisotopic (exact) mass is 277 g/mol. The van der Waals surface area contributed by atoms with Crippen LogP contribution < -0.4 is 10.1 Å². The van der Waals surface area contributed by atoms with Gasteiger partial charge in [-0.05, 0) is 43.7 Å². The summed E-state index contributed by atoms with van der Waals surface area (Å²) in [6.07, 6.45) is 3.56. The molecule has 0 bridgehead atoms. The van der Waals surface area contributed by atoms with E-state index < -0.39 is 0 Å². The molecule has 0 saturated heterocycles. The average Bonchev–Trinajstić information content (AvgIpc) is 2.50. The molecule has 2 heteroatoms. The number of rotatable bonds is 9. The third-order valence-electron chi connectivity index (χ3n) is 4.12. The first-order valence-electron chi connectivity index (χ1n) is 8.11. The van der Waals surface area contributed by atoms with Crippen molar-refractivity contribution in [1.82, 2.24) is 5.32 Å². The van der Waals surface area contributed by atoms with Gasteiger partial charge in [-0.25, -0.2) is 0 Å². The predicted molar refractivity (Wildman–Crippen MR) is 87.6 cm³/mol. The molecule has 0 radical (unpaired) electrons. The highest BCUT2D eigenvalue weighted by Gasteiger charge is 2.14. The van der Waals surface area contributed by atoms with Gasteiger partial charge < -0.3 is 10.1 Å². The quantitative estimate of drug-likeness (QED) is 0.703. The molecule has 0 aliphatic carbocycles. The fourth-order valence-electron chi connectivity index (χ4n) is 2.14. The minimum Gasteiger partial charge on any atom is -0.489 e. The van der Waals surface area contributed by atoms with Crippen LogP contribution in [0, 0.1) is 0 Å². The number of para-hydroxylation sites is 1. The van der Waals surface area contributed by atoms with E-state index in [0.29, 0.717) is 12.0 Å². The van der Waals surface area contributed by atoms with E-state index in [1.165, 1.54) is 5.56 Å². The van der Waals surface area contributed by atoms with Crippen molar-refractivity contribution < 1.29 is 4.74 Å². The Morgan fingerprint density at radius 2 is 1.70 bits per heavy atom. The second-order valence-electron chi connectivity index (χ2n) is 5.71. The van der Waals surface area contributed by atoms with Gasteiger partial charge in [0.1, 0.15) is 11.9 Å². The van der Waals surface area contributed by atoms with E-state index in [1.54, 1.807) is 0 Å². The van der Waals surface area contributed by atoms with E-state index in [2.05, 4.69) is 64.2 Å². The van der Waals surface area contributed by atoms with Crippen LogP contribution >= 0.6 is 0 Å². The molecule has 1 aromatic carbocycles. The average molecular weight is 277 g/mol. The van der Waals surface area contributed by atoms with Crippen molar-refractivity contribution in [3.8, 4) is 5.75 Å². The first-order chi connectivity index (χ1) is 9.62. The summed E-state index contributed by atoms with van der Waals surface area (Å²) in [7, 11) is 0. The lowest BCUT2D eigenvalue weighted by Gasteiger charge is -2.23. The van der Waals surface area contributed by atoms with Crippen LogP contribution in [0.15, 0.2) is 24.3 Å². The highest BCUT2D eigenvalue weighted by Crippen LogP contribution is 2.29. The maximum absolute atomic E-state index is 6.25. The van der Waals surface area contributed by atoms with Crippen molar-refractivity contribution in [1.29, 1.82) is 0 Å². The lowest BCUT2D eigenvalue weighted by atomic mass is 9.98. The van der Waals surface area contributed by atoms with Crippen molar-refractivity contribution in [3.05, 3.63) is 29.8 Å². The minimum atomic E-state index is 0.245. The maximum atomic E-state index is 6.25. The smallest absolute Gasteiger partial charge is 0.123 e. The largest absolute Gasteiger partial charge is 0.489 e. The van der Waals surface area contributed by atoms with Gasteiger partial charge in [-0.3, -0.25) is 0 Å². The third-order valence-corrected chi connectivity index (χ3v) is 4.12. The second-order valence-corrected chi connectivity index (χ2v) is 5.71. The van der Waals surface area contributed by atoms with E-state index in [4.69, 9.17) is 4.74 Å². The standard InChI is InChI=1S/C18H31NO/c1-6-14(4)17-11-9-10-12-18(17)20-16(8-3)13-19-15(5)7-2/h9-12,14-16,19H,6-8,13H2,1-5H3. The second kappa shape index (κ2) is 9.02. The molecule has 3 unspecified atom stereocenters. The zero-order chi connectivity index (χ0) is 15.0. The molecule has 0 aliphatic heterocycles. The van der Waals surface area contributed by atoms with Crippen molar-refractivity contribution in [2.75, 3.05) is 6.54 Å². The minimum absolute atomic E-state index is 0.245. The Morgan fingerprint density at radius 3 is 2.30 bits per heavy atom. The molecule has 1 N–H and O–H groups in total. The van der Waals surface area contributed by atoms with Gasteiger partial charge in [0.05, 0.1) is 0 Å². The van der Waals surface area contributed by atoms with Crippen molar-refractivity contribution in [2.45, 2.75) is 71.9 Å². The Hall–Kier alpha value is -1.02. The number of nitrogens with one attached hydrogen (secondary N) is 1. The molecule has 0 aliphatic rings. The Bertz CT molecular complexity index is 377. The summed E-state index contributed by atoms with van der Waals surface area (Å²) in [4.78, 5) is 0. The molecule has 20 heavy (non-hydrogen) atoms. The fourth-order valence-corrected chi connectivity index (χ4v) is 2.14. The lowest BCUT2D eigenvalue weighted by molar-refractivity contribution is 0.186. The SMILES string of the molecule is CCC(C)NCC(CC)Oc1ccccc1C(C)CC. The molecular formula is C18H31NO. The van der Waals surface area contributed by atoms with Gasteiger partial charge in [-0.15, -0.1) is 0 Å². The van der Waals surface area contributed by atoms with Crippen LogP contribution in [0.4, 0.5) is 0 Å². The molecule has 1 aromatic rings. The van der Waals surface area contributed by atoms with Gasteiger partial charge in [0.25, 0.3) is 0 Å². The Balaban J connectivity index is 2.69. The number of benzene rings is 1. The van der Waals surface area contributed by atoms with Crippen LogP contribution in [0.2, 0.25) is 0 Å². The summed E-state index contributed by atoms with van der Waals surface area (Å²) in [6.45, 7) is 12.0. The van der Waals surface area contributed by atoms with E-state index >= 15 is 0 Å². The molecule has 0 aromatic heterocycles. The Morgan fingerprint density at radius 1 is 1.00 bits per heavy atom. The topological polar surface area (TPSA) is 21.3 Å².